The third kappa shape index (κ3) is 4.69. The number of halogens is 1. The summed E-state index contributed by atoms with van der Waals surface area (Å²) in [4.78, 5) is 0. The zero-order chi connectivity index (χ0) is 16.3. The van der Waals surface area contributed by atoms with E-state index in [1.54, 1.807) is 0 Å². The average Bonchev–Trinajstić information content (AvgIpc) is 2.68. The van der Waals surface area contributed by atoms with Crippen molar-refractivity contribution in [3.63, 3.8) is 0 Å². The molecule has 1 fully saturated rings. The summed E-state index contributed by atoms with van der Waals surface area (Å²) in [5.74, 6) is 0.747. The molecule has 0 amide bonds. The van der Waals surface area contributed by atoms with Crippen LogP contribution in [0, 0.1) is 5.92 Å². The van der Waals surface area contributed by atoms with E-state index >= 15 is 0 Å². The molecular weight excluding hydrogens is 322 g/mol. The highest BCUT2D eigenvalue weighted by Gasteiger charge is 2.35. The van der Waals surface area contributed by atoms with Crippen molar-refractivity contribution < 1.29 is 13.5 Å². The van der Waals surface area contributed by atoms with Crippen LogP contribution in [-0.4, -0.2) is 43.7 Å². The third-order valence-corrected chi connectivity index (χ3v) is 6.26. The Kier molecular flexibility index (Phi) is 5.88. The molecular formula is C16H24ClNO3S. The van der Waals surface area contributed by atoms with E-state index in [0.29, 0.717) is 18.4 Å². The minimum absolute atomic E-state index is 0.0292. The van der Waals surface area contributed by atoms with Gasteiger partial charge in [0.1, 0.15) is 0 Å². The van der Waals surface area contributed by atoms with E-state index in [4.69, 9.17) is 11.6 Å². The van der Waals surface area contributed by atoms with Gasteiger partial charge in [-0.1, -0.05) is 37.6 Å². The van der Waals surface area contributed by atoms with Crippen LogP contribution in [0.4, 0.5) is 0 Å². The van der Waals surface area contributed by atoms with Crippen molar-refractivity contribution in [2.75, 3.05) is 18.1 Å². The van der Waals surface area contributed by atoms with Crippen molar-refractivity contribution in [1.82, 2.24) is 5.32 Å². The van der Waals surface area contributed by atoms with Gasteiger partial charge in [-0.05, 0) is 42.5 Å². The van der Waals surface area contributed by atoms with Gasteiger partial charge in [-0.25, -0.2) is 8.42 Å². The molecule has 2 rings (SSSR count). The predicted molar refractivity (Wildman–Crippen MR) is 90.1 cm³/mol. The minimum Gasteiger partial charge on any atom is -0.390 e. The zero-order valence-electron chi connectivity index (χ0n) is 13.0. The van der Waals surface area contributed by atoms with Crippen molar-refractivity contribution in [3.05, 3.63) is 34.9 Å². The molecule has 1 heterocycles. The Morgan fingerprint density at radius 1 is 1.27 bits per heavy atom. The summed E-state index contributed by atoms with van der Waals surface area (Å²) >= 11 is 5.93. The smallest absolute Gasteiger partial charge is 0.154 e. The minimum atomic E-state index is -3.10. The van der Waals surface area contributed by atoms with E-state index in [-0.39, 0.29) is 17.5 Å². The lowest BCUT2D eigenvalue weighted by Gasteiger charge is -2.23. The summed E-state index contributed by atoms with van der Waals surface area (Å²) in [5.41, 5.74) is 1.24. The number of aliphatic hydroxyl groups is 1. The molecule has 1 aromatic carbocycles. The fourth-order valence-corrected chi connectivity index (χ4v) is 4.94. The number of aliphatic hydroxyl groups excluding tert-OH is 1. The Balaban J connectivity index is 1.92. The highest BCUT2D eigenvalue weighted by atomic mass is 35.5. The fourth-order valence-electron chi connectivity index (χ4n) is 3.04. The van der Waals surface area contributed by atoms with E-state index in [9.17, 15) is 13.5 Å². The number of sulfone groups is 1. The van der Waals surface area contributed by atoms with Crippen molar-refractivity contribution in [1.29, 1.82) is 0 Å². The molecule has 2 N–H and O–H groups in total. The first kappa shape index (κ1) is 17.7. The molecule has 0 spiro atoms. The van der Waals surface area contributed by atoms with Crippen LogP contribution in [0.5, 0.6) is 0 Å². The third-order valence-electron chi connectivity index (χ3n) is 4.29. The molecule has 1 aliphatic heterocycles. The molecule has 22 heavy (non-hydrogen) atoms. The van der Waals surface area contributed by atoms with Gasteiger partial charge in [0.25, 0.3) is 0 Å². The van der Waals surface area contributed by atoms with Crippen molar-refractivity contribution in [3.8, 4) is 0 Å². The maximum Gasteiger partial charge on any atom is 0.154 e. The Labute approximate surface area is 137 Å². The highest BCUT2D eigenvalue weighted by Crippen LogP contribution is 2.28. The Morgan fingerprint density at radius 3 is 2.41 bits per heavy atom. The monoisotopic (exact) mass is 345 g/mol. The van der Waals surface area contributed by atoms with Crippen LogP contribution < -0.4 is 5.32 Å². The number of hydrogen-bond donors (Lipinski definition) is 2. The normalized spacial score (nSPS) is 25.5. The summed E-state index contributed by atoms with van der Waals surface area (Å²) in [6.45, 7) is 5.03. The second-order valence-corrected chi connectivity index (χ2v) is 8.99. The van der Waals surface area contributed by atoms with E-state index in [1.807, 2.05) is 24.3 Å². The quantitative estimate of drug-likeness (QED) is 0.829. The van der Waals surface area contributed by atoms with Gasteiger partial charge in [0, 0.05) is 11.1 Å². The summed E-state index contributed by atoms with van der Waals surface area (Å²) in [6.07, 6.45) is 0.0979. The van der Waals surface area contributed by atoms with E-state index in [1.165, 1.54) is 5.56 Å². The Morgan fingerprint density at radius 2 is 1.91 bits per heavy atom. The van der Waals surface area contributed by atoms with Crippen LogP contribution in [0.1, 0.15) is 31.7 Å². The van der Waals surface area contributed by atoms with Crippen LogP contribution in [-0.2, 0) is 9.84 Å². The second kappa shape index (κ2) is 7.30. The van der Waals surface area contributed by atoms with E-state index in [2.05, 4.69) is 19.2 Å². The molecule has 3 atom stereocenters. The molecule has 6 heteroatoms. The molecule has 1 saturated heterocycles. The number of rotatable bonds is 6. The molecule has 0 bridgehead atoms. The molecule has 0 radical (unpaired) electrons. The molecule has 0 aliphatic carbocycles. The predicted octanol–water partition coefficient (Wildman–Crippen LogP) is 2.22. The summed E-state index contributed by atoms with van der Waals surface area (Å²) in [6, 6.07) is 7.53. The van der Waals surface area contributed by atoms with Gasteiger partial charge >= 0.3 is 0 Å². The van der Waals surface area contributed by atoms with Crippen molar-refractivity contribution in [2.45, 2.75) is 38.3 Å². The molecule has 1 aliphatic rings. The maximum atomic E-state index is 11.5. The van der Waals surface area contributed by atoms with Crippen LogP contribution in [0.3, 0.4) is 0 Å². The summed E-state index contributed by atoms with van der Waals surface area (Å²) in [7, 11) is -3.10. The largest absolute Gasteiger partial charge is 0.390 e. The van der Waals surface area contributed by atoms with Crippen LogP contribution in [0.25, 0.3) is 0 Å². The van der Waals surface area contributed by atoms with Gasteiger partial charge in [-0.2, -0.15) is 0 Å². The molecule has 1 aromatic rings. The number of hydrogen-bond acceptors (Lipinski definition) is 4. The number of nitrogens with one attached hydrogen (secondary N) is 1. The van der Waals surface area contributed by atoms with Crippen LogP contribution in [0.2, 0.25) is 5.02 Å². The van der Waals surface area contributed by atoms with E-state index < -0.39 is 15.9 Å². The average molecular weight is 346 g/mol. The topological polar surface area (TPSA) is 66.4 Å². The van der Waals surface area contributed by atoms with Gasteiger partial charge in [0.05, 0.1) is 17.6 Å². The van der Waals surface area contributed by atoms with Gasteiger partial charge < -0.3 is 10.4 Å². The molecule has 0 saturated carbocycles. The highest BCUT2D eigenvalue weighted by molar-refractivity contribution is 7.91. The molecule has 0 unspecified atom stereocenters. The fraction of sp³-hybridized carbons (Fsp3) is 0.625. The van der Waals surface area contributed by atoms with Gasteiger partial charge in [-0.15, -0.1) is 0 Å². The van der Waals surface area contributed by atoms with Crippen molar-refractivity contribution >= 4 is 21.4 Å². The molecule has 124 valence electrons. The molecule has 0 aromatic heterocycles. The molecule has 4 nitrogen and oxygen atoms in total. The summed E-state index contributed by atoms with van der Waals surface area (Å²) < 4.78 is 23.0. The SMILES string of the molecule is CC(C)[C@@H](CCN[C@H]1CS(=O)(=O)C[C@@H]1O)c1ccc(Cl)cc1. The van der Waals surface area contributed by atoms with Gasteiger partial charge in [-0.3, -0.25) is 0 Å². The maximum absolute atomic E-state index is 11.5. The van der Waals surface area contributed by atoms with E-state index in [0.717, 1.165) is 11.4 Å². The van der Waals surface area contributed by atoms with Crippen LogP contribution in [0.15, 0.2) is 24.3 Å². The lowest BCUT2D eigenvalue weighted by atomic mass is 9.86. The van der Waals surface area contributed by atoms with Crippen molar-refractivity contribution in [2.24, 2.45) is 5.92 Å². The lowest BCUT2D eigenvalue weighted by Crippen LogP contribution is -2.39. The van der Waals surface area contributed by atoms with Gasteiger partial charge in [0.15, 0.2) is 9.84 Å². The number of benzene rings is 1. The standard InChI is InChI=1S/C16H24ClNO3S/c1-11(2)14(12-3-5-13(17)6-4-12)7-8-18-15-9-22(20,21)10-16(15)19/h3-6,11,14-16,18-19H,7-10H2,1-2H3/t14-,15+,16+/m1/s1. The van der Waals surface area contributed by atoms with Crippen LogP contribution >= 0.6 is 11.6 Å². The zero-order valence-corrected chi connectivity index (χ0v) is 14.6. The Hall–Kier alpha value is -0.620. The first-order valence-electron chi connectivity index (χ1n) is 7.66. The van der Waals surface area contributed by atoms with Gasteiger partial charge in [0.2, 0.25) is 0 Å². The first-order chi connectivity index (χ1) is 10.3. The summed E-state index contributed by atoms with van der Waals surface area (Å²) in [5, 5.41) is 13.7. The lowest BCUT2D eigenvalue weighted by molar-refractivity contribution is 0.165. The first-order valence-corrected chi connectivity index (χ1v) is 9.86. The second-order valence-electron chi connectivity index (χ2n) is 6.40. The Bertz CT molecular complexity index is 586.